The molecule has 0 radical (unpaired) electrons. The van der Waals surface area contributed by atoms with Gasteiger partial charge in [-0.15, -0.1) is 0 Å². The molecule has 0 fully saturated rings. The molecule has 0 spiro atoms. The van der Waals surface area contributed by atoms with Crippen molar-refractivity contribution >= 4 is 33.0 Å². The Bertz CT molecular complexity index is 506. The van der Waals surface area contributed by atoms with Crippen molar-refractivity contribution in [3.05, 3.63) is 40.4 Å². The Labute approximate surface area is 89.3 Å². The lowest BCUT2D eigenvalue weighted by Crippen LogP contribution is -1.82. The highest BCUT2D eigenvalue weighted by molar-refractivity contribution is 9.10. The van der Waals surface area contributed by atoms with E-state index in [4.69, 9.17) is 0 Å². The second kappa shape index (κ2) is 3.42. The van der Waals surface area contributed by atoms with Crippen LogP contribution in [0.15, 0.2) is 34.8 Å². The molecule has 0 bridgehead atoms. The van der Waals surface area contributed by atoms with Crippen LogP contribution in [0.4, 0.5) is 0 Å². The number of rotatable bonds is 1. The van der Waals surface area contributed by atoms with Crippen molar-refractivity contribution in [2.75, 3.05) is 0 Å². The lowest BCUT2D eigenvalue weighted by atomic mass is 10.1. The normalized spacial score (nSPS) is 10.4. The first-order chi connectivity index (χ1) is 6.72. The molecule has 0 atom stereocenters. The summed E-state index contributed by atoms with van der Waals surface area (Å²) < 4.78 is 0.869. The zero-order valence-electron chi connectivity index (χ0n) is 7.20. The standard InChI is InChI=1S/C11H7BrO2/c12-10-3-1-2-8-9(10)4-7(6-13)5-11(8)14/h1-6,14H. The van der Waals surface area contributed by atoms with Gasteiger partial charge in [-0.1, -0.05) is 28.1 Å². The zero-order valence-corrected chi connectivity index (χ0v) is 8.78. The van der Waals surface area contributed by atoms with E-state index in [2.05, 4.69) is 15.9 Å². The van der Waals surface area contributed by atoms with Crippen LogP contribution in [0.5, 0.6) is 5.75 Å². The molecule has 2 rings (SSSR count). The largest absolute Gasteiger partial charge is 0.507 e. The zero-order chi connectivity index (χ0) is 10.1. The van der Waals surface area contributed by atoms with Gasteiger partial charge in [0.2, 0.25) is 0 Å². The maximum atomic E-state index is 10.6. The summed E-state index contributed by atoms with van der Waals surface area (Å²) >= 11 is 3.37. The van der Waals surface area contributed by atoms with Gasteiger partial charge in [-0.2, -0.15) is 0 Å². The van der Waals surface area contributed by atoms with Gasteiger partial charge in [0.1, 0.15) is 12.0 Å². The third-order valence-corrected chi connectivity index (χ3v) is 2.77. The Morgan fingerprint density at radius 1 is 1.21 bits per heavy atom. The van der Waals surface area contributed by atoms with Crippen LogP contribution in [0.3, 0.4) is 0 Å². The number of hydrogen-bond donors (Lipinski definition) is 1. The first kappa shape index (κ1) is 9.21. The minimum atomic E-state index is 0.130. The molecule has 3 heteroatoms. The van der Waals surface area contributed by atoms with Gasteiger partial charge < -0.3 is 5.11 Å². The molecule has 0 aliphatic carbocycles. The topological polar surface area (TPSA) is 37.3 Å². The van der Waals surface area contributed by atoms with Gasteiger partial charge in [-0.25, -0.2) is 0 Å². The van der Waals surface area contributed by atoms with Gasteiger partial charge in [-0.3, -0.25) is 4.79 Å². The van der Waals surface area contributed by atoms with Gasteiger partial charge in [-0.05, 0) is 18.2 Å². The van der Waals surface area contributed by atoms with Crippen LogP contribution in [-0.4, -0.2) is 11.4 Å². The summed E-state index contributed by atoms with van der Waals surface area (Å²) in [6.45, 7) is 0. The van der Waals surface area contributed by atoms with Gasteiger partial charge in [0.25, 0.3) is 0 Å². The summed E-state index contributed by atoms with van der Waals surface area (Å²) in [7, 11) is 0. The minimum Gasteiger partial charge on any atom is -0.507 e. The second-order valence-corrected chi connectivity index (χ2v) is 3.85. The summed E-state index contributed by atoms with van der Waals surface area (Å²) in [5.74, 6) is 0.130. The Balaban J connectivity index is 2.90. The highest BCUT2D eigenvalue weighted by atomic mass is 79.9. The Kier molecular flexibility index (Phi) is 2.25. The molecule has 0 unspecified atom stereocenters. The van der Waals surface area contributed by atoms with E-state index in [0.717, 1.165) is 21.5 Å². The fourth-order valence-corrected chi connectivity index (χ4v) is 1.90. The number of phenols is 1. The smallest absolute Gasteiger partial charge is 0.150 e. The number of phenolic OH excluding ortho intramolecular Hbond substituents is 1. The van der Waals surface area contributed by atoms with E-state index in [0.29, 0.717) is 5.56 Å². The molecule has 14 heavy (non-hydrogen) atoms. The SMILES string of the molecule is O=Cc1cc(O)c2cccc(Br)c2c1. The molecule has 2 aromatic carbocycles. The molecule has 0 aliphatic heterocycles. The van der Waals surface area contributed by atoms with Crippen LogP contribution in [0.2, 0.25) is 0 Å². The van der Waals surface area contributed by atoms with Crippen molar-refractivity contribution in [1.29, 1.82) is 0 Å². The fraction of sp³-hybridized carbons (Fsp3) is 0. The van der Waals surface area contributed by atoms with Crippen molar-refractivity contribution in [2.24, 2.45) is 0 Å². The predicted octanol–water partition coefficient (Wildman–Crippen LogP) is 3.12. The van der Waals surface area contributed by atoms with Crippen LogP contribution >= 0.6 is 15.9 Å². The minimum absolute atomic E-state index is 0.130. The number of fused-ring (bicyclic) bond motifs is 1. The summed E-state index contributed by atoms with van der Waals surface area (Å²) in [5, 5.41) is 11.2. The number of carbonyl (C=O) groups excluding carboxylic acids is 1. The maximum absolute atomic E-state index is 10.6. The molecule has 70 valence electrons. The average molecular weight is 251 g/mol. The number of benzene rings is 2. The van der Waals surface area contributed by atoms with Crippen LogP contribution in [-0.2, 0) is 0 Å². The van der Waals surface area contributed by atoms with Crippen LogP contribution < -0.4 is 0 Å². The molecule has 0 saturated carbocycles. The summed E-state index contributed by atoms with van der Waals surface area (Å²) in [6.07, 6.45) is 0.721. The van der Waals surface area contributed by atoms with Crippen LogP contribution in [0, 0.1) is 0 Å². The van der Waals surface area contributed by atoms with E-state index in [9.17, 15) is 9.90 Å². The molecule has 0 heterocycles. The first-order valence-corrected chi connectivity index (χ1v) is 4.88. The lowest BCUT2D eigenvalue weighted by molar-refractivity contribution is 0.112. The molecule has 1 N–H and O–H groups in total. The molecule has 0 aliphatic rings. The summed E-state index contributed by atoms with van der Waals surface area (Å²) in [4.78, 5) is 10.6. The maximum Gasteiger partial charge on any atom is 0.150 e. The molecule has 0 aromatic heterocycles. The third-order valence-electron chi connectivity index (χ3n) is 2.08. The number of aromatic hydroxyl groups is 1. The third kappa shape index (κ3) is 1.40. The number of hydrogen-bond acceptors (Lipinski definition) is 2. The number of carbonyl (C=O) groups is 1. The van der Waals surface area contributed by atoms with E-state index >= 15 is 0 Å². The highest BCUT2D eigenvalue weighted by Gasteiger charge is 2.04. The van der Waals surface area contributed by atoms with Crippen molar-refractivity contribution < 1.29 is 9.90 Å². The number of halogens is 1. The fourth-order valence-electron chi connectivity index (χ4n) is 1.42. The van der Waals surface area contributed by atoms with Crippen molar-refractivity contribution in [2.45, 2.75) is 0 Å². The second-order valence-electron chi connectivity index (χ2n) is 2.99. The molecule has 2 aromatic rings. The van der Waals surface area contributed by atoms with E-state index < -0.39 is 0 Å². The Hall–Kier alpha value is -1.35. The lowest BCUT2D eigenvalue weighted by Gasteiger charge is -2.03. The predicted molar refractivity (Wildman–Crippen MR) is 58.7 cm³/mol. The average Bonchev–Trinajstić information content (AvgIpc) is 2.19. The van der Waals surface area contributed by atoms with Crippen LogP contribution in [0.1, 0.15) is 10.4 Å². The summed E-state index contributed by atoms with van der Waals surface area (Å²) in [6, 6.07) is 8.72. The molecular weight excluding hydrogens is 244 g/mol. The Morgan fingerprint density at radius 3 is 2.71 bits per heavy atom. The van der Waals surface area contributed by atoms with Crippen LogP contribution in [0.25, 0.3) is 10.8 Å². The summed E-state index contributed by atoms with van der Waals surface area (Å²) in [5.41, 5.74) is 0.474. The van der Waals surface area contributed by atoms with Crippen molar-refractivity contribution in [3.8, 4) is 5.75 Å². The molecule has 0 saturated heterocycles. The molecular formula is C11H7BrO2. The van der Waals surface area contributed by atoms with E-state index in [-0.39, 0.29) is 5.75 Å². The van der Waals surface area contributed by atoms with Gasteiger partial charge >= 0.3 is 0 Å². The van der Waals surface area contributed by atoms with Crippen molar-refractivity contribution in [3.63, 3.8) is 0 Å². The number of aldehydes is 1. The van der Waals surface area contributed by atoms with Gasteiger partial charge in [0.05, 0.1) is 0 Å². The molecule has 0 amide bonds. The first-order valence-electron chi connectivity index (χ1n) is 4.09. The monoisotopic (exact) mass is 250 g/mol. The van der Waals surface area contributed by atoms with E-state index in [1.807, 2.05) is 18.2 Å². The van der Waals surface area contributed by atoms with E-state index in [1.54, 1.807) is 6.07 Å². The Morgan fingerprint density at radius 2 is 2.00 bits per heavy atom. The molecule has 2 nitrogen and oxygen atoms in total. The van der Waals surface area contributed by atoms with E-state index in [1.165, 1.54) is 6.07 Å². The highest BCUT2D eigenvalue weighted by Crippen LogP contribution is 2.30. The van der Waals surface area contributed by atoms with Gasteiger partial charge in [0, 0.05) is 20.8 Å². The van der Waals surface area contributed by atoms with Crippen molar-refractivity contribution in [1.82, 2.24) is 0 Å². The van der Waals surface area contributed by atoms with Gasteiger partial charge in [0.15, 0.2) is 0 Å². The quantitative estimate of drug-likeness (QED) is 0.790.